The highest BCUT2D eigenvalue weighted by Crippen LogP contribution is 2.53. The van der Waals surface area contributed by atoms with Crippen molar-refractivity contribution in [3.63, 3.8) is 0 Å². The number of para-hydroxylation sites is 2. The predicted octanol–water partition coefficient (Wildman–Crippen LogP) is 20.9. The highest BCUT2D eigenvalue weighted by Gasteiger charge is 2.39. The van der Waals surface area contributed by atoms with Crippen molar-refractivity contribution in [1.82, 2.24) is 4.57 Å². The van der Waals surface area contributed by atoms with Gasteiger partial charge in [0.25, 0.3) is 0 Å². The van der Waals surface area contributed by atoms with Crippen LogP contribution >= 0.6 is 0 Å². The van der Waals surface area contributed by atoms with Crippen LogP contribution in [0.1, 0.15) is 86.8 Å². The number of nitrogens with zero attached hydrogens (tertiary/aromatic N) is 1. The molecule has 0 aliphatic heterocycles. The van der Waals surface area contributed by atoms with Crippen LogP contribution in [0.4, 0.5) is 0 Å². The van der Waals surface area contributed by atoms with Crippen molar-refractivity contribution in [2.24, 2.45) is 0 Å². The molecule has 2 aromatic heterocycles. The standard InChI is InChI=1S/C42H41N.C19H14O.C13H12/c1-6-14-28-16-9-10-17-32(28)29-23-25-37-36(26-29)34-24-22-30(27-38(34)42(37,4)5)33-19-13-21-40-41(33)35-18-11-12-20-39(35)43(40)31(8-3)15-7-2;1-13-6-8-14(9-7-13)15-10-11-19-17(12-15)16-4-2-3-5-18(16)20-19;1-11-6-5-9-13(10-11)12-7-3-2-4-8-12/h7-13,15-25,27,29H,6,14,26H2,1-5H3;2-12H,1H3;2-10H,1H3/b15-7-,31-8+;;. The Bertz CT molecular complexity index is 4030. The molecule has 0 amide bonds. The van der Waals surface area contributed by atoms with E-state index < -0.39 is 0 Å². The largest absolute Gasteiger partial charge is 0.456 e. The maximum atomic E-state index is 5.86. The average Bonchev–Trinajstić information content (AvgIpc) is 4.22. The fourth-order valence-corrected chi connectivity index (χ4v) is 11.9. The summed E-state index contributed by atoms with van der Waals surface area (Å²) in [5.41, 5.74) is 24.7. The number of benzene rings is 9. The van der Waals surface area contributed by atoms with Crippen LogP contribution in [0.15, 0.2) is 247 Å². The topological polar surface area (TPSA) is 18.1 Å². The Morgan fingerprint density at radius 3 is 2.01 bits per heavy atom. The average molecular weight is 986 g/mol. The molecule has 0 spiro atoms. The summed E-state index contributed by atoms with van der Waals surface area (Å²) in [6, 6.07) is 74.2. The highest BCUT2D eigenvalue weighted by atomic mass is 16.3. The molecule has 76 heavy (non-hydrogen) atoms. The van der Waals surface area contributed by atoms with Gasteiger partial charge in [-0.05, 0) is 150 Å². The fraction of sp³-hybridized carbons (Fsp3) is 0.162. The molecule has 0 fully saturated rings. The Morgan fingerprint density at radius 1 is 0.566 bits per heavy atom. The van der Waals surface area contributed by atoms with Crippen molar-refractivity contribution in [1.29, 1.82) is 0 Å². The second kappa shape index (κ2) is 21.4. The summed E-state index contributed by atoms with van der Waals surface area (Å²) in [6.07, 6.45) is 14.8. The summed E-state index contributed by atoms with van der Waals surface area (Å²) in [7, 11) is 0. The van der Waals surface area contributed by atoms with Crippen molar-refractivity contribution >= 4 is 55.0 Å². The molecule has 0 N–H and O–H groups in total. The zero-order chi connectivity index (χ0) is 52.3. The van der Waals surface area contributed by atoms with E-state index in [2.05, 4.69) is 271 Å². The van der Waals surface area contributed by atoms with Crippen LogP contribution in [0.2, 0.25) is 0 Å². The lowest BCUT2D eigenvalue weighted by molar-refractivity contribution is 0.649. The van der Waals surface area contributed by atoms with Gasteiger partial charge in [0.1, 0.15) is 11.2 Å². The number of allylic oxidation sites excluding steroid dienone is 8. The maximum Gasteiger partial charge on any atom is 0.135 e. The van der Waals surface area contributed by atoms with E-state index in [1.165, 1.54) is 123 Å². The minimum Gasteiger partial charge on any atom is -0.456 e. The molecule has 13 rings (SSSR count). The van der Waals surface area contributed by atoms with E-state index in [4.69, 9.17) is 4.42 Å². The number of aryl methyl sites for hydroxylation is 3. The molecule has 11 aromatic rings. The van der Waals surface area contributed by atoms with Gasteiger partial charge in [0.2, 0.25) is 0 Å². The highest BCUT2D eigenvalue weighted by molar-refractivity contribution is 6.16. The third-order valence-electron chi connectivity index (χ3n) is 15.7. The molecule has 0 bridgehead atoms. The lowest BCUT2D eigenvalue weighted by Gasteiger charge is -2.27. The Hall–Kier alpha value is -8.46. The first kappa shape index (κ1) is 49.7. The van der Waals surface area contributed by atoms with Crippen LogP contribution < -0.4 is 0 Å². The second-order valence-corrected chi connectivity index (χ2v) is 21.1. The van der Waals surface area contributed by atoms with E-state index in [0.29, 0.717) is 5.92 Å². The smallest absolute Gasteiger partial charge is 0.135 e. The van der Waals surface area contributed by atoms with Gasteiger partial charge < -0.3 is 8.98 Å². The number of aromatic nitrogens is 1. The number of hydrogen-bond acceptors (Lipinski definition) is 1. The van der Waals surface area contributed by atoms with Gasteiger partial charge in [-0.2, -0.15) is 0 Å². The summed E-state index contributed by atoms with van der Waals surface area (Å²) in [4.78, 5) is 0. The minimum absolute atomic E-state index is 0.0307. The first-order chi connectivity index (χ1) is 37.1. The van der Waals surface area contributed by atoms with Gasteiger partial charge in [-0.1, -0.05) is 232 Å². The maximum absolute atomic E-state index is 5.86. The molecular weight excluding hydrogens is 919 g/mol. The lowest BCUT2D eigenvalue weighted by atomic mass is 9.77. The van der Waals surface area contributed by atoms with Gasteiger partial charge in [0.15, 0.2) is 0 Å². The summed E-state index contributed by atoms with van der Waals surface area (Å²) in [6.45, 7) is 15.5. The lowest BCUT2D eigenvalue weighted by Crippen LogP contribution is -2.17. The molecular formula is C74H67NO. The van der Waals surface area contributed by atoms with E-state index in [9.17, 15) is 0 Å². The van der Waals surface area contributed by atoms with Gasteiger partial charge in [-0.3, -0.25) is 0 Å². The van der Waals surface area contributed by atoms with E-state index in [-0.39, 0.29) is 5.41 Å². The summed E-state index contributed by atoms with van der Waals surface area (Å²) in [5, 5.41) is 4.98. The van der Waals surface area contributed by atoms with Crippen molar-refractivity contribution in [3.8, 4) is 33.4 Å². The van der Waals surface area contributed by atoms with Crippen LogP contribution in [0, 0.1) is 13.8 Å². The molecule has 2 aliphatic carbocycles. The first-order valence-corrected chi connectivity index (χ1v) is 27.2. The van der Waals surface area contributed by atoms with E-state index >= 15 is 0 Å². The molecule has 374 valence electrons. The van der Waals surface area contributed by atoms with E-state index in [1.807, 2.05) is 18.2 Å². The van der Waals surface area contributed by atoms with Crippen LogP contribution in [-0.4, -0.2) is 4.57 Å². The third kappa shape index (κ3) is 9.50. The molecule has 0 saturated heterocycles. The quantitative estimate of drug-likeness (QED) is 0.139. The Labute approximate surface area is 449 Å². The molecule has 2 heteroatoms. The summed E-state index contributed by atoms with van der Waals surface area (Å²) in [5.74, 6) is 0.431. The van der Waals surface area contributed by atoms with Crippen LogP contribution in [0.5, 0.6) is 0 Å². The third-order valence-corrected chi connectivity index (χ3v) is 15.7. The predicted molar refractivity (Wildman–Crippen MR) is 327 cm³/mol. The van der Waals surface area contributed by atoms with Crippen molar-refractivity contribution < 1.29 is 4.42 Å². The van der Waals surface area contributed by atoms with E-state index in [1.54, 1.807) is 0 Å². The van der Waals surface area contributed by atoms with Gasteiger partial charge in [-0.25, -0.2) is 0 Å². The Kier molecular flexibility index (Phi) is 14.0. The minimum atomic E-state index is -0.0307. The number of fused-ring (bicyclic) bond motifs is 8. The Morgan fingerprint density at radius 2 is 1.22 bits per heavy atom. The number of rotatable bonds is 8. The SMILES string of the molecule is C/C=C\C(=C/C)n1c2ccccc2c2c(-c3ccc4c(c3)C(C)(C)C3=C4CC(c4ccccc4CCC)C=C3)cccc21.Cc1ccc(-c2ccc3oc4ccccc4c3c2)cc1.Cc1cccc(-c2ccccc2)c1. The molecule has 1 atom stereocenters. The molecule has 2 aliphatic rings. The Balaban J connectivity index is 0.000000152. The number of hydrogen-bond donors (Lipinski definition) is 0. The number of furan rings is 1. The summed E-state index contributed by atoms with van der Waals surface area (Å²) < 4.78 is 8.27. The van der Waals surface area contributed by atoms with Gasteiger partial charge in [-0.15, -0.1) is 0 Å². The fourth-order valence-electron chi connectivity index (χ4n) is 11.9. The monoisotopic (exact) mass is 986 g/mol. The normalized spacial score (nSPS) is 14.7. The molecule has 0 radical (unpaired) electrons. The molecule has 1 unspecified atom stereocenters. The molecule has 2 heterocycles. The first-order valence-electron chi connectivity index (χ1n) is 27.2. The van der Waals surface area contributed by atoms with Crippen molar-refractivity contribution in [2.75, 3.05) is 0 Å². The molecule has 0 saturated carbocycles. The summed E-state index contributed by atoms with van der Waals surface area (Å²) >= 11 is 0. The molecule has 9 aromatic carbocycles. The van der Waals surface area contributed by atoms with E-state index in [0.717, 1.165) is 24.0 Å². The zero-order valence-electron chi connectivity index (χ0n) is 45.1. The van der Waals surface area contributed by atoms with Crippen molar-refractivity contribution in [2.45, 2.75) is 79.1 Å². The van der Waals surface area contributed by atoms with Gasteiger partial charge >= 0.3 is 0 Å². The van der Waals surface area contributed by atoms with Gasteiger partial charge in [0.05, 0.1) is 11.0 Å². The van der Waals surface area contributed by atoms with Gasteiger partial charge in [0, 0.05) is 38.6 Å². The zero-order valence-corrected chi connectivity index (χ0v) is 45.1. The van der Waals surface area contributed by atoms with Crippen LogP contribution in [0.3, 0.4) is 0 Å². The van der Waals surface area contributed by atoms with Crippen LogP contribution in [-0.2, 0) is 11.8 Å². The van der Waals surface area contributed by atoms with Crippen molar-refractivity contribution in [3.05, 3.63) is 276 Å². The second-order valence-electron chi connectivity index (χ2n) is 21.1. The van der Waals surface area contributed by atoms with Crippen LogP contribution in [0.25, 0.3) is 88.4 Å². The molecule has 2 nitrogen and oxygen atoms in total.